The number of hydrogen-bond donors (Lipinski definition) is 2. The number of nitrogens with one attached hydrogen (secondary N) is 1. The molecule has 0 aliphatic heterocycles. The Labute approximate surface area is 141 Å². The van der Waals surface area contributed by atoms with Gasteiger partial charge in [0.15, 0.2) is 0 Å². The molecule has 3 heteroatoms. The summed E-state index contributed by atoms with van der Waals surface area (Å²) >= 11 is 0. The lowest BCUT2D eigenvalue weighted by molar-refractivity contribution is -0.126. The van der Waals surface area contributed by atoms with Crippen molar-refractivity contribution in [2.45, 2.75) is 84.2 Å². The van der Waals surface area contributed by atoms with Crippen molar-refractivity contribution in [1.82, 2.24) is 5.32 Å². The third-order valence-corrected chi connectivity index (χ3v) is 7.42. The van der Waals surface area contributed by atoms with Crippen LogP contribution in [-0.2, 0) is 4.79 Å². The Morgan fingerprint density at radius 3 is 2.61 bits per heavy atom. The van der Waals surface area contributed by atoms with Crippen molar-refractivity contribution in [2.24, 2.45) is 29.1 Å². The molecule has 132 valence electrons. The lowest BCUT2D eigenvalue weighted by atomic mass is 9.62. The van der Waals surface area contributed by atoms with Crippen LogP contribution in [0.3, 0.4) is 0 Å². The molecule has 1 amide bonds. The summed E-state index contributed by atoms with van der Waals surface area (Å²) in [6, 6.07) is 0. The molecular formula is C20H35NO2. The van der Waals surface area contributed by atoms with Crippen molar-refractivity contribution in [1.29, 1.82) is 0 Å². The first kappa shape index (κ1) is 17.3. The van der Waals surface area contributed by atoms with Gasteiger partial charge >= 0.3 is 0 Å². The lowest BCUT2D eigenvalue weighted by Gasteiger charge is -2.45. The van der Waals surface area contributed by atoms with Gasteiger partial charge in [0, 0.05) is 12.5 Å². The summed E-state index contributed by atoms with van der Waals surface area (Å²) in [4.78, 5) is 12.4. The maximum absolute atomic E-state index is 12.4. The molecule has 0 aromatic carbocycles. The fourth-order valence-corrected chi connectivity index (χ4v) is 6.04. The van der Waals surface area contributed by atoms with E-state index >= 15 is 0 Å². The molecule has 3 rings (SSSR count). The van der Waals surface area contributed by atoms with Crippen molar-refractivity contribution < 1.29 is 9.90 Å². The second-order valence-electron chi connectivity index (χ2n) is 8.81. The molecule has 0 aromatic rings. The van der Waals surface area contributed by atoms with Gasteiger partial charge in [0.2, 0.25) is 5.91 Å². The summed E-state index contributed by atoms with van der Waals surface area (Å²) in [6.07, 6.45) is 11.6. The first-order chi connectivity index (χ1) is 11.0. The molecule has 0 bridgehead atoms. The van der Waals surface area contributed by atoms with E-state index in [1.807, 2.05) is 0 Å². The van der Waals surface area contributed by atoms with Crippen LogP contribution < -0.4 is 5.32 Å². The molecule has 0 spiro atoms. The van der Waals surface area contributed by atoms with Gasteiger partial charge < -0.3 is 10.4 Å². The molecule has 0 radical (unpaired) electrons. The predicted octanol–water partition coefficient (Wildman–Crippen LogP) is 3.90. The largest absolute Gasteiger partial charge is 0.393 e. The monoisotopic (exact) mass is 321 g/mol. The molecule has 2 N–H and O–H groups in total. The van der Waals surface area contributed by atoms with Crippen LogP contribution in [0.5, 0.6) is 0 Å². The maximum atomic E-state index is 12.4. The molecule has 0 aromatic heterocycles. The minimum atomic E-state index is -0.0946. The zero-order chi connectivity index (χ0) is 16.4. The summed E-state index contributed by atoms with van der Waals surface area (Å²) in [5, 5.41) is 13.6. The second-order valence-corrected chi connectivity index (χ2v) is 8.81. The Morgan fingerprint density at radius 2 is 1.87 bits per heavy atom. The Morgan fingerprint density at radius 1 is 1.13 bits per heavy atom. The molecule has 3 aliphatic carbocycles. The van der Waals surface area contributed by atoms with Crippen LogP contribution in [0.25, 0.3) is 0 Å². The third-order valence-electron chi connectivity index (χ3n) is 7.42. The van der Waals surface area contributed by atoms with Gasteiger partial charge in [0.1, 0.15) is 0 Å². The zero-order valence-electron chi connectivity index (χ0n) is 15.0. The molecule has 5 atom stereocenters. The number of aliphatic hydroxyl groups is 1. The molecule has 3 aliphatic rings. The molecule has 0 unspecified atom stereocenters. The summed E-state index contributed by atoms with van der Waals surface area (Å²) in [7, 11) is 0. The summed E-state index contributed by atoms with van der Waals surface area (Å²) in [5.41, 5.74) is 0.284. The van der Waals surface area contributed by atoms with Crippen LogP contribution in [0, 0.1) is 29.1 Å². The van der Waals surface area contributed by atoms with Gasteiger partial charge in [-0.1, -0.05) is 39.5 Å². The Bertz CT molecular complexity index is 418. The van der Waals surface area contributed by atoms with E-state index in [4.69, 9.17) is 0 Å². The lowest BCUT2D eigenvalue weighted by Crippen LogP contribution is -2.44. The van der Waals surface area contributed by atoms with E-state index in [0.717, 1.165) is 32.2 Å². The second kappa shape index (κ2) is 7.13. The van der Waals surface area contributed by atoms with E-state index < -0.39 is 0 Å². The highest BCUT2D eigenvalue weighted by Crippen LogP contribution is 2.57. The fourth-order valence-electron chi connectivity index (χ4n) is 6.04. The Balaban J connectivity index is 1.54. The van der Waals surface area contributed by atoms with Gasteiger partial charge in [0.05, 0.1) is 6.10 Å². The minimum absolute atomic E-state index is 0.0946. The average molecular weight is 322 g/mol. The molecular weight excluding hydrogens is 286 g/mol. The van der Waals surface area contributed by atoms with Crippen molar-refractivity contribution in [3.8, 4) is 0 Å². The van der Waals surface area contributed by atoms with E-state index in [-0.39, 0.29) is 17.4 Å². The topological polar surface area (TPSA) is 49.3 Å². The first-order valence-electron chi connectivity index (χ1n) is 9.98. The highest BCUT2D eigenvalue weighted by molar-refractivity contribution is 5.78. The van der Waals surface area contributed by atoms with Crippen LogP contribution >= 0.6 is 0 Å². The van der Waals surface area contributed by atoms with Gasteiger partial charge in [-0.2, -0.15) is 0 Å². The van der Waals surface area contributed by atoms with Crippen LogP contribution in [0.1, 0.15) is 78.1 Å². The van der Waals surface area contributed by atoms with E-state index in [9.17, 15) is 9.90 Å². The number of rotatable bonds is 4. The van der Waals surface area contributed by atoms with E-state index in [1.54, 1.807) is 0 Å². The predicted molar refractivity (Wildman–Crippen MR) is 92.9 cm³/mol. The summed E-state index contributed by atoms with van der Waals surface area (Å²) < 4.78 is 0. The number of carbonyl (C=O) groups is 1. The first-order valence-corrected chi connectivity index (χ1v) is 9.98. The Hall–Kier alpha value is -0.570. The van der Waals surface area contributed by atoms with E-state index in [1.165, 1.54) is 38.5 Å². The highest BCUT2D eigenvalue weighted by atomic mass is 16.3. The SMILES string of the molecule is C[C@H](CNC(=O)C1CCCCC1)[C@H]1CC[C@H]2[C@@H](O)CCC[C@]12C. The molecule has 3 nitrogen and oxygen atoms in total. The van der Waals surface area contributed by atoms with Crippen LogP contribution in [0.15, 0.2) is 0 Å². The normalized spacial score (nSPS) is 39.7. The number of amides is 1. The number of carbonyl (C=O) groups excluding carboxylic acids is 1. The molecule has 23 heavy (non-hydrogen) atoms. The van der Waals surface area contributed by atoms with Gasteiger partial charge in [-0.15, -0.1) is 0 Å². The molecule has 3 saturated carbocycles. The fraction of sp³-hybridized carbons (Fsp3) is 0.950. The smallest absolute Gasteiger partial charge is 0.223 e. The molecule has 0 heterocycles. The Kier molecular flexibility index (Phi) is 5.35. The quantitative estimate of drug-likeness (QED) is 0.825. The molecule has 3 fully saturated rings. The maximum Gasteiger partial charge on any atom is 0.223 e. The van der Waals surface area contributed by atoms with Crippen molar-refractivity contribution in [2.75, 3.05) is 6.54 Å². The van der Waals surface area contributed by atoms with Crippen molar-refractivity contribution >= 4 is 5.91 Å². The van der Waals surface area contributed by atoms with Crippen molar-refractivity contribution in [3.63, 3.8) is 0 Å². The van der Waals surface area contributed by atoms with Crippen LogP contribution in [-0.4, -0.2) is 23.7 Å². The minimum Gasteiger partial charge on any atom is -0.393 e. The van der Waals surface area contributed by atoms with Gasteiger partial charge in [-0.3, -0.25) is 4.79 Å². The third kappa shape index (κ3) is 3.45. The standard InChI is InChI=1S/C20H35NO2/c1-14(13-21-19(23)15-7-4-3-5-8-15)16-10-11-17-18(22)9-6-12-20(16,17)2/h14-18,22H,3-13H2,1-2H3,(H,21,23)/t14-,16-,17+,18+,20-/m1/s1. The van der Waals surface area contributed by atoms with Crippen LogP contribution in [0.2, 0.25) is 0 Å². The molecule has 0 saturated heterocycles. The zero-order valence-corrected chi connectivity index (χ0v) is 15.0. The van der Waals surface area contributed by atoms with E-state index in [0.29, 0.717) is 23.7 Å². The van der Waals surface area contributed by atoms with Crippen molar-refractivity contribution in [3.05, 3.63) is 0 Å². The van der Waals surface area contributed by atoms with Crippen LogP contribution in [0.4, 0.5) is 0 Å². The number of fused-ring (bicyclic) bond motifs is 1. The average Bonchev–Trinajstić information content (AvgIpc) is 2.91. The highest BCUT2D eigenvalue weighted by Gasteiger charge is 2.52. The number of hydrogen-bond acceptors (Lipinski definition) is 2. The van der Waals surface area contributed by atoms with Gasteiger partial charge in [-0.05, 0) is 61.7 Å². The summed E-state index contributed by atoms with van der Waals surface area (Å²) in [5.74, 6) is 2.20. The summed E-state index contributed by atoms with van der Waals surface area (Å²) in [6.45, 7) is 5.52. The van der Waals surface area contributed by atoms with Gasteiger partial charge in [-0.25, -0.2) is 0 Å². The number of aliphatic hydroxyl groups excluding tert-OH is 1. The van der Waals surface area contributed by atoms with Gasteiger partial charge in [0.25, 0.3) is 0 Å². The van der Waals surface area contributed by atoms with E-state index in [2.05, 4.69) is 19.2 Å².